The minimum atomic E-state index is -1.54. The van der Waals surface area contributed by atoms with Crippen LogP contribution in [-0.4, -0.2) is 65.1 Å². The summed E-state index contributed by atoms with van der Waals surface area (Å²) in [7, 11) is -1.54. The van der Waals surface area contributed by atoms with Gasteiger partial charge in [0.05, 0.1) is 45.2 Å². The first-order valence-electron chi connectivity index (χ1n) is 7.98. The summed E-state index contributed by atoms with van der Waals surface area (Å²) in [5.74, 6) is 0. The topological polar surface area (TPSA) is 63.2 Å². The Bertz CT molecular complexity index is 264. The van der Waals surface area contributed by atoms with Gasteiger partial charge in [0.25, 0.3) is 0 Å². The average Bonchev–Trinajstić information content (AvgIpc) is 2.48. The molecule has 0 saturated heterocycles. The number of ether oxygens (including phenoxy) is 4. The van der Waals surface area contributed by atoms with Crippen molar-refractivity contribution in [3.63, 3.8) is 0 Å². The Balaban J connectivity index is 3.34. The predicted molar refractivity (Wildman–Crippen MR) is 86.9 cm³/mol. The summed E-state index contributed by atoms with van der Waals surface area (Å²) in [5.41, 5.74) is 0. The van der Waals surface area contributed by atoms with E-state index in [1.165, 1.54) is 6.66 Å². The van der Waals surface area contributed by atoms with Crippen molar-refractivity contribution in [2.75, 3.05) is 52.9 Å². The standard InChI is InChI=1S/C15H32O6P/c1-5-6-7-18-12-14(2)20-13-15(3)19-10-8-17-9-11-21-22(4)16/h14-15H,5-13H2,1-4H3/q+1. The molecule has 3 unspecified atom stereocenters. The second-order valence-corrected chi connectivity index (χ2v) is 6.28. The average molecular weight is 339 g/mol. The largest absolute Gasteiger partial charge is 0.504 e. The van der Waals surface area contributed by atoms with Crippen molar-refractivity contribution in [1.82, 2.24) is 0 Å². The fourth-order valence-corrected chi connectivity index (χ4v) is 1.86. The molecular weight excluding hydrogens is 307 g/mol. The fraction of sp³-hybridized carbons (Fsp3) is 1.00. The van der Waals surface area contributed by atoms with Gasteiger partial charge in [-0.05, 0) is 24.8 Å². The Hall–Kier alpha value is -0.100. The van der Waals surface area contributed by atoms with Crippen LogP contribution in [0.3, 0.4) is 0 Å². The Morgan fingerprint density at radius 3 is 2.23 bits per heavy atom. The minimum absolute atomic E-state index is 0.0167. The quantitative estimate of drug-likeness (QED) is 0.318. The molecule has 0 bridgehead atoms. The molecule has 0 spiro atoms. The second kappa shape index (κ2) is 15.8. The van der Waals surface area contributed by atoms with E-state index in [0.717, 1.165) is 19.4 Å². The van der Waals surface area contributed by atoms with Gasteiger partial charge in [0.15, 0.2) is 6.66 Å². The highest BCUT2D eigenvalue weighted by Crippen LogP contribution is 2.13. The Morgan fingerprint density at radius 2 is 1.55 bits per heavy atom. The van der Waals surface area contributed by atoms with E-state index >= 15 is 0 Å². The lowest BCUT2D eigenvalue weighted by Crippen LogP contribution is -2.24. The molecule has 22 heavy (non-hydrogen) atoms. The number of rotatable bonds is 16. The molecule has 0 rings (SSSR count). The van der Waals surface area contributed by atoms with Crippen molar-refractivity contribution in [3.8, 4) is 0 Å². The SMILES string of the molecule is CCCCOCC(C)OCC(C)OCCOCCO[P+](C)=O. The highest BCUT2D eigenvalue weighted by atomic mass is 31.1. The van der Waals surface area contributed by atoms with Crippen molar-refractivity contribution >= 4 is 8.03 Å². The summed E-state index contributed by atoms with van der Waals surface area (Å²) in [6, 6.07) is 0. The van der Waals surface area contributed by atoms with Crippen LogP contribution < -0.4 is 0 Å². The van der Waals surface area contributed by atoms with Crippen LogP contribution in [0.4, 0.5) is 0 Å². The molecule has 7 heteroatoms. The minimum Gasteiger partial charge on any atom is -0.379 e. The Morgan fingerprint density at radius 1 is 0.864 bits per heavy atom. The summed E-state index contributed by atoms with van der Waals surface area (Å²) in [6.45, 7) is 11.4. The van der Waals surface area contributed by atoms with Crippen molar-refractivity contribution in [1.29, 1.82) is 0 Å². The van der Waals surface area contributed by atoms with Crippen LogP contribution >= 0.6 is 8.03 Å². The molecule has 0 heterocycles. The molecule has 132 valence electrons. The third-order valence-corrected chi connectivity index (χ3v) is 3.29. The first-order valence-corrected chi connectivity index (χ1v) is 9.61. The van der Waals surface area contributed by atoms with Crippen LogP contribution in [0.2, 0.25) is 0 Å². The molecule has 6 nitrogen and oxygen atoms in total. The van der Waals surface area contributed by atoms with E-state index in [1.807, 2.05) is 13.8 Å². The summed E-state index contributed by atoms with van der Waals surface area (Å²) < 4.78 is 37.6. The highest BCUT2D eigenvalue weighted by Gasteiger charge is 2.08. The highest BCUT2D eigenvalue weighted by molar-refractivity contribution is 7.38. The molecule has 0 aliphatic carbocycles. The first kappa shape index (κ1) is 21.9. The van der Waals surface area contributed by atoms with Gasteiger partial charge in [-0.25, -0.2) is 0 Å². The van der Waals surface area contributed by atoms with E-state index < -0.39 is 8.03 Å². The molecule has 0 radical (unpaired) electrons. The van der Waals surface area contributed by atoms with Crippen LogP contribution in [0.15, 0.2) is 0 Å². The molecule has 0 aliphatic rings. The van der Waals surface area contributed by atoms with E-state index in [0.29, 0.717) is 39.6 Å². The summed E-state index contributed by atoms with van der Waals surface area (Å²) >= 11 is 0. The maximum absolute atomic E-state index is 10.7. The maximum Gasteiger partial charge on any atom is 0.504 e. The van der Waals surface area contributed by atoms with Gasteiger partial charge in [-0.2, -0.15) is 0 Å². The lowest BCUT2D eigenvalue weighted by molar-refractivity contribution is -0.0667. The molecule has 0 N–H and O–H groups in total. The molecule has 0 amide bonds. The van der Waals surface area contributed by atoms with Gasteiger partial charge in [-0.15, -0.1) is 4.52 Å². The Kier molecular flexibility index (Phi) is 15.7. The predicted octanol–water partition coefficient (Wildman–Crippen LogP) is 3.02. The second-order valence-electron chi connectivity index (χ2n) is 5.14. The van der Waals surface area contributed by atoms with Gasteiger partial charge in [0, 0.05) is 6.61 Å². The van der Waals surface area contributed by atoms with Gasteiger partial charge in [-0.3, -0.25) is 0 Å². The molecule has 0 aromatic carbocycles. The van der Waals surface area contributed by atoms with Crippen LogP contribution in [0.25, 0.3) is 0 Å². The molecule has 0 aliphatic heterocycles. The van der Waals surface area contributed by atoms with Crippen molar-refractivity contribution in [3.05, 3.63) is 0 Å². The fourth-order valence-electron chi connectivity index (χ4n) is 1.53. The number of unbranched alkanes of at least 4 members (excludes halogenated alkanes) is 1. The molecule has 0 saturated carbocycles. The zero-order chi connectivity index (χ0) is 16.6. The molecule has 0 fully saturated rings. The lowest BCUT2D eigenvalue weighted by Gasteiger charge is -2.17. The van der Waals surface area contributed by atoms with Crippen LogP contribution in [0.1, 0.15) is 33.6 Å². The normalized spacial score (nSPS) is 14.8. The maximum atomic E-state index is 10.7. The van der Waals surface area contributed by atoms with E-state index in [2.05, 4.69) is 6.92 Å². The third-order valence-electron chi connectivity index (χ3n) is 2.74. The smallest absolute Gasteiger partial charge is 0.379 e. The summed E-state index contributed by atoms with van der Waals surface area (Å²) in [4.78, 5) is 0. The van der Waals surface area contributed by atoms with Crippen LogP contribution in [-0.2, 0) is 28.0 Å². The van der Waals surface area contributed by atoms with Crippen LogP contribution in [0, 0.1) is 0 Å². The molecule has 3 atom stereocenters. The van der Waals surface area contributed by atoms with Gasteiger partial charge in [0.1, 0.15) is 6.61 Å². The van der Waals surface area contributed by atoms with Gasteiger partial charge in [0.2, 0.25) is 0 Å². The van der Waals surface area contributed by atoms with Crippen LogP contribution in [0.5, 0.6) is 0 Å². The van der Waals surface area contributed by atoms with E-state index in [9.17, 15) is 4.57 Å². The van der Waals surface area contributed by atoms with Crippen molar-refractivity contribution < 1.29 is 28.0 Å². The van der Waals surface area contributed by atoms with E-state index in [4.69, 9.17) is 23.5 Å². The molecular formula is C15H32O6P+. The summed E-state index contributed by atoms with van der Waals surface area (Å²) in [5, 5.41) is 0. The zero-order valence-corrected chi connectivity index (χ0v) is 15.3. The van der Waals surface area contributed by atoms with Gasteiger partial charge >= 0.3 is 8.03 Å². The molecule has 0 aromatic rings. The van der Waals surface area contributed by atoms with Gasteiger partial charge in [-0.1, -0.05) is 13.3 Å². The van der Waals surface area contributed by atoms with Crippen molar-refractivity contribution in [2.45, 2.75) is 45.8 Å². The third kappa shape index (κ3) is 16.3. The Labute approximate surface area is 135 Å². The zero-order valence-electron chi connectivity index (χ0n) is 14.4. The molecule has 0 aromatic heterocycles. The first-order chi connectivity index (χ1) is 10.6. The van der Waals surface area contributed by atoms with E-state index in [1.54, 1.807) is 0 Å². The van der Waals surface area contributed by atoms with Gasteiger partial charge < -0.3 is 18.9 Å². The number of hydrogen-bond acceptors (Lipinski definition) is 6. The number of hydrogen-bond donors (Lipinski definition) is 0. The summed E-state index contributed by atoms with van der Waals surface area (Å²) in [6.07, 6.45) is 2.33. The van der Waals surface area contributed by atoms with Crippen molar-refractivity contribution in [2.24, 2.45) is 0 Å². The van der Waals surface area contributed by atoms with E-state index in [-0.39, 0.29) is 12.2 Å². The monoisotopic (exact) mass is 339 g/mol. The lowest BCUT2D eigenvalue weighted by atomic mass is 10.3.